The molecule has 7 rings (SSSR count). The molecule has 6 aliphatic rings. The maximum absolute atomic E-state index is 3.37. The van der Waals surface area contributed by atoms with Crippen LogP contribution >= 0.6 is 0 Å². The van der Waals surface area contributed by atoms with Crippen LogP contribution in [0.3, 0.4) is 0 Å². The van der Waals surface area contributed by atoms with Crippen LogP contribution in [0, 0.1) is 50.9 Å². The molecule has 3 heteroatoms. The van der Waals surface area contributed by atoms with Gasteiger partial charge in [0.15, 0.2) is 0 Å². The molecule has 3 unspecified atom stereocenters. The van der Waals surface area contributed by atoms with E-state index in [0.29, 0.717) is 17.3 Å². The summed E-state index contributed by atoms with van der Waals surface area (Å²) in [6.07, 6.45) is 23.5. The van der Waals surface area contributed by atoms with Gasteiger partial charge in [0.2, 0.25) is 0 Å². The Bertz CT molecular complexity index is 1520. The van der Waals surface area contributed by atoms with Crippen LogP contribution < -0.4 is 24.8 Å². The fourth-order valence-corrected chi connectivity index (χ4v) is 10.2. The van der Waals surface area contributed by atoms with Crippen LogP contribution in [0.25, 0.3) is 5.57 Å². The first-order valence-electron chi connectivity index (χ1n) is 18.3. The monoisotopic (exact) mass is 762 g/mol. The second-order valence-corrected chi connectivity index (χ2v) is 20.1. The Hall–Kier alpha value is -0.877. The van der Waals surface area contributed by atoms with Gasteiger partial charge in [-0.15, -0.1) is 6.92 Å². The van der Waals surface area contributed by atoms with Crippen LogP contribution in [0.15, 0.2) is 70.9 Å². The van der Waals surface area contributed by atoms with Crippen molar-refractivity contribution in [3.8, 4) is 0 Å². The Balaban J connectivity index is 0.000000276. The smallest absolute Gasteiger partial charge is 1.00 e. The van der Waals surface area contributed by atoms with E-state index >= 15 is 0 Å². The van der Waals surface area contributed by atoms with E-state index < -0.39 is 0 Å². The quantitative estimate of drug-likeness (QED) is 0.283. The third kappa shape index (κ3) is 6.63. The zero-order valence-corrected chi connectivity index (χ0v) is 36.2. The van der Waals surface area contributed by atoms with Crippen LogP contribution in [0.2, 0.25) is 0 Å². The molecule has 262 valence electrons. The van der Waals surface area contributed by atoms with Gasteiger partial charge in [0.1, 0.15) is 0 Å². The Morgan fingerprint density at radius 2 is 1.50 bits per heavy atom. The molecular weight excluding hydrogens is 703 g/mol. The van der Waals surface area contributed by atoms with Crippen molar-refractivity contribution in [2.45, 2.75) is 134 Å². The first kappa shape index (κ1) is 41.5. The van der Waals surface area contributed by atoms with Gasteiger partial charge in [0.25, 0.3) is 0 Å². The summed E-state index contributed by atoms with van der Waals surface area (Å²) in [7, 11) is 0. The molecule has 0 amide bonds. The van der Waals surface area contributed by atoms with Crippen molar-refractivity contribution in [1.82, 2.24) is 0 Å². The third-order valence-corrected chi connectivity index (χ3v) is 14.4. The molecule has 3 atom stereocenters. The summed E-state index contributed by atoms with van der Waals surface area (Å²) in [5.41, 5.74) is 12.3. The number of allylic oxidation sites excluding steroid dienone is 10. The van der Waals surface area contributed by atoms with Gasteiger partial charge in [-0.2, -0.15) is 22.8 Å². The van der Waals surface area contributed by atoms with Gasteiger partial charge < -0.3 is 24.8 Å². The van der Waals surface area contributed by atoms with E-state index in [2.05, 4.69) is 138 Å². The van der Waals surface area contributed by atoms with Crippen molar-refractivity contribution in [3.05, 3.63) is 94.0 Å². The van der Waals surface area contributed by atoms with Gasteiger partial charge in [-0.3, -0.25) is 6.08 Å². The first-order valence-corrected chi connectivity index (χ1v) is 19.6. The molecule has 0 saturated heterocycles. The Kier molecular flexibility index (Phi) is 13.0. The molecule has 0 spiro atoms. The van der Waals surface area contributed by atoms with E-state index in [4.69, 9.17) is 0 Å². The summed E-state index contributed by atoms with van der Waals surface area (Å²) in [5.74, 6) is 2.79. The fraction of sp³-hybridized carbons (Fsp3) is 0.600. The van der Waals surface area contributed by atoms with Gasteiger partial charge in [-0.25, -0.2) is 12.0 Å². The summed E-state index contributed by atoms with van der Waals surface area (Å²) in [4.78, 5) is 0. The largest absolute Gasteiger partial charge is 1.00 e. The first-order chi connectivity index (χ1) is 21.4. The zero-order valence-electron chi connectivity index (χ0n) is 32.2. The van der Waals surface area contributed by atoms with Gasteiger partial charge in [-0.05, 0) is 40.6 Å². The summed E-state index contributed by atoms with van der Waals surface area (Å²) in [6, 6.07) is 9.16. The fourth-order valence-electron chi connectivity index (χ4n) is 10.2. The summed E-state index contributed by atoms with van der Waals surface area (Å²) in [5, 5.41) is 0. The molecule has 2 fully saturated rings. The van der Waals surface area contributed by atoms with E-state index in [0.717, 1.165) is 6.42 Å². The van der Waals surface area contributed by atoms with E-state index in [1.54, 1.807) is 58.0 Å². The number of hydrogen-bond acceptors (Lipinski definition) is 0. The van der Waals surface area contributed by atoms with E-state index in [-0.39, 0.29) is 46.5 Å². The molecule has 0 heterocycles. The molecule has 0 N–H and O–H groups in total. The molecule has 0 aliphatic heterocycles. The number of rotatable bonds is 1. The molecule has 0 nitrogen and oxygen atoms in total. The summed E-state index contributed by atoms with van der Waals surface area (Å²) in [6.45, 7) is 29.2. The zero-order chi connectivity index (χ0) is 33.9. The normalized spacial score (nSPS) is 29.3. The van der Waals surface area contributed by atoms with E-state index in [9.17, 15) is 0 Å². The summed E-state index contributed by atoms with van der Waals surface area (Å²) < 4.78 is 1.51. The van der Waals surface area contributed by atoms with Crippen LogP contribution in [0.4, 0.5) is 0 Å². The molecule has 1 aromatic rings. The van der Waals surface area contributed by atoms with Crippen LogP contribution in [-0.4, -0.2) is 3.21 Å². The van der Waals surface area contributed by atoms with E-state index in [1.807, 2.05) is 0 Å². The van der Waals surface area contributed by atoms with Crippen LogP contribution in [-0.2, 0) is 30.7 Å². The second-order valence-electron chi connectivity index (χ2n) is 17.6. The Morgan fingerprint density at radius 3 is 2.08 bits per heavy atom. The molecule has 2 saturated carbocycles. The Morgan fingerprint density at radius 1 is 0.896 bits per heavy atom. The van der Waals surface area contributed by atoms with Crippen molar-refractivity contribution in [2.24, 2.45) is 38.9 Å². The Labute approximate surface area is 323 Å². The van der Waals surface area contributed by atoms with Gasteiger partial charge in [0, 0.05) is 0 Å². The minimum Gasteiger partial charge on any atom is -1.00 e. The number of hydrogen-bond donors (Lipinski definition) is 0. The number of fused-ring (bicyclic) bond motifs is 6. The number of benzene rings is 1. The maximum atomic E-state index is 3.37. The second kappa shape index (κ2) is 15.0. The minimum absolute atomic E-state index is 0. The third-order valence-electron chi connectivity index (χ3n) is 14.4. The molecule has 0 radical (unpaired) electrons. The van der Waals surface area contributed by atoms with Gasteiger partial charge in [-0.1, -0.05) is 171 Å². The van der Waals surface area contributed by atoms with Crippen molar-refractivity contribution < 1.29 is 49.0 Å². The van der Waals surface area contributed by atoms with Crippen molar-refractivity contribution >= 4 is 8.78 Å². The molecule has 48 heavy (non-hydrogen) atoms. The molecule has 6 aliphatic carbocycles. The standard InChI is InChI=1S/C29H37.C13H19.C3H6.2ClH.Zr/c1-18-25-22-17-19-13-9-10-14-20(19)24(22)21-15-11-12-16-23(21)29(25,8)28(6,7)27(4,5)26(18,2)3;1-11-6-7-12(10-11)13(2)8-4-3-5-9-13;1-3-2;;;/h9-11,13-15,23H,12,16-17H2,1-8H3;7,10-11H,3-5,8-9H2,1-2H3;1-2H3;2*1H;/q2*-1;;;;+2/p-2. The van der Waals surface area contributed by atoms with Gasteiger partial charge >= 0.3 is 41.3 Å². The average molecular weight is 765 g/mol. The van der Waals surface area contributed by atoms with Crippen molar-refractivity contribution in [3.63, 3.8) is 0 Å². The number of halogens is 2. The minimum atomic E-state index is 0. The molecular formula is C45H62Cl2Zr-2. The van der Waals surface area contributed by atoms with Crippen LogP contribution in [0.1, 0.15) is 139 Å². The predicted molar refractivity (Wildman–Crippen MR) is 197 cm³/mol. The SMILES string of the molecule is CC1[C-]=CC(C2(C)CCCCC2)=C1.C[C-]1C2=C3Cc4ccccc4C3=C3C=CCCC3C2(C)C(C)(C)C(C)(C)C1(C)C.C[C](C)=[Zr+2].[Cl-].[Cl-]. The topological polar surface area (TPSA) is 0 Å². The predicted octanol–water partition coefficient (Wildman–Crippen LogP) is 6.61. The van der Waals surface area contributed by atoms with Crippen molar-refractivity contribution in [1.29, 1.82) is 0 Å². The summed E-state index contributed by atoms with van der Waals surface area (Å²) >= 11 is 1.55. The molecule has 0 bridgehead atoms. The molecule has 0 aromatic heterocycles. The average Bonchev–Trinajstić information content (AvgIpc) is 3.61. The van der Waals surface area contributed by atoms with Gasteiger partial charge in [0.05, 0.1) is 0 Å². The van der Waals surface area contributed by atoms with E-state index in [1.165, 1.54) is 59.3 Å². The molecule has 1 aromatic carbocycles. The maximum Gasteiger partial charge on any atom is -1.00 e. The van der Waals surface area contributed by atoms with Crippen molar-refractivity contribution in [2.75, 3.05) is 0 Å². The van der Waals surface area contributed by atoms with Crippen LogP contribution in [0.5, 0.6) is 0 Å².